The zero-order chi connectivity index (χ0) is 11.5. The topological polar surface area (TPSA) is 70.9 Å². The highest BCUT2D eigenvalue weighted by Crippen LogP contribution is 2.20. The molecule has 0 saturated heterocycles. The smallest absolute Gasteiger partial charge is 0.237 e. The van der Waals surface area contributed by atoms with Gasteiger partial charge in [0, 0.05) is 23.0 Å². The van der Waals surface area contributed by atoms with E-state index in [1.165, 1.54) is 5.39 Å². The van der Waals surface area contributed by atoms with Gasteiger partial charge in [0.2, 0.25) is 5.91 Å². The minimum absolute atomic E-state index is 0.121. The summed E-state index contributed by atoms with van der Waals surface area (Å²) in [5.41, 5.74) is 4.42. The summed E-state index contributed by atoms with van der Waals surface area (Å²) in [7, 11) is 0. The molecule has 16 heavy (non-hydrogen) atoms. The molecule has 84 valence electrons. The number of fused-ring (bicyclic) bond motifs is 1. The molecule has 0 radical (unpaired) electrons. The number of nitrogens with one attached hydrogen (secondary N) is 2. The number of aromatic nitrogens is 1. The molecule has 4 heteroatoms. The number of hydrogen-bond donors (Lipinski definition) is 3. The number of aromatic amines is 1. The predicted octanol–water partition coefficient (Wildman–Crippen LogP) is 1.34. The van der Waals surface area contributed by atoms with Crippen molar-refractivity contribution in [2.45, 2.75) is 13.3 Å². The lowest BCUT2D eigenvalue weighted by Gasteiger charge is -2.08. The molecule has 1 atom stereocenters. The van der Waals surface area contributed by atoms with Crippen molar-refractivity contribution in [2.75, 3.05) is 0 Å². The largest absolute Gasteiger partial charge is 0.361 e. The number of hydrazine groups is 1. The number of carbonyl (C=O) groups is 1. The quantitative estimate of drug-likeness (QED) is 0.412. The molecule has 0 saturated carbocycles. The molecule has 1 heterocycles. The maximum atomic E-state index is 11.3. The third kappa shape index (κ3) is 1.92. The first-order valence-electron chi connectivity index (χ1n) is 5.28. The van der Waals surface area contributed by atoms with Crippen molar-refractivity contribution in [3.8, 4) is 0 Å². The molecule has 0 aliphatic carbocycles. The zero-order valence-corrected chi connectivity index (χ0v) is 9.16. The van der Waals surface area contributed by atoms with Gasteiger partial charge in [0.15, 0.2) is 0 Å². The number of benzene rings is 1. The Morgan fingerprint density at radius 2 is 2.25 bits per heavy atom. The average molecular weight is 217 g/mol. The highest BCUT2D eigenvalue weighted by molar-refractivity contribution is 5.84. The van der Waals surface area contributed by atoms with Crippen LogP contribution in [-0.2, 0) is 11.2 Å². The van der Waals surface area contributed by atoms with Crippen LogP contribution in [-0.4, -0.2) is 10.9 Å². The van der Waals surface area contributed by atoms with Gasteiger partial charge in [-0.05, 0) is 18.1 Å². The SMILES string of the molecule is C[C@H](Cc1c[nH]c2ccccc12)C(=O)NN. The Balaban J connectivity index is 2.24. The van der Waals surface area contributed by atoms with Crippen LogP contribution in [0.3, 0.4) is 0 Å². The lowest BCUT2D eigenvalue weighted by atomic mass is 10.0. The van der Waals surface area contributed by atoms with Crippen LogP contribution in [0.15, 0.2) is 30.5 Å². The molecule has 0 bridgehead atoms. The van der Waals surface area contributed by atoms with E-state index in [1.54, 1.807) is 0 Å². The molecule has 0 spiro atoms. The maximum absolute atomic E-state index is 11.3. The molecule has 1 aromatic heterocycles. The highest BCUT2D eigenvalue weighted by atomic mass is 16.2. The second kappa shape index (κ2) is 4.37. The van der Waals surface area contributed by atoms with Gasteiger partial charge in [-0.3, -0.25) is 10.2 Å². The third-order valence-electron chi connectivity index (χ3n) is 2.79. The Hall–Kier alpha value is -1.81. The van der Waals surface area contributed by atoms with Gasteiger partial charge in [0.25, 0.3) is 0 Å². The molecule has 0 aliphatic heterocycles. The predicted molar refractivity (Wildman–Crippen MR) is 63.5 cm³/mol. The van der Waals surface area contributed by atoms with Crippen molar-refractivity contribution in [1.82, 2.24) is 10.4 Å². The van der Waals surface area contributed by atoms with E-state index in [9.17, 15) is 4.79 Å². The number of para-hydroxylation sites is 1. The number of rotatable bonds is 3. The summed E-state index contributed by atoms with van der Waals surface area (Å²) in [6.45, 7) is 1.87. The molecule has 4 N–H and O–H groups in total. The standard InChI is InChI=1S/C12H15N3O/c1-8(12(16)15-13)6-9-7-14-11-5-3-2-4-10(9)11/h2-5,7-8,14H,6,13H2,1H3,(H,15,16)/t8-/m1/s1. The first-order valence-corrected chi connectivity index (χ1v) is 5.28. The van der Waals surface area contributed by atoms with Crippen LogP contribution < -0.4 is 11.3 Å². The zero-order valence-electron chi connectivity index (χ0n) is 9.16. The van der Waals surface area contributed by atoms with Gasteiger partial charge < -0.3 is 4.98 Å². The van der Waals surface area contributed by atoms with Gasteiger partial charge >= 0.3 is 0 Å². The van der Waals surface area contributed by atoms with Crippen LogP contribution in [0.25, 0.3) is 10.9 Å². The van der Waals surface area contributed by atoms with E-state index in [2.05, 4.69) is 10.4 Å². The van der Waals surface area contributed by atoms with Crippen molar-refractivity contribution in [3.05, 3.63) is 36.0 Å². The van der Waals surface area contributed by atoms with Crippen molar-refractivity contribution >= 4 is 16.8 Å². The van der Waals surface area contributed by atoms with Crippen LogP contribution in [0, 0.1) is 5.92 Å². The molecule has 1 aromatic carbocycles. The normalized spacial score (nSPS) is 12.6. The summed E-state index contributed by atoms with van der Waals surface area (Å²) in [5.74, 6) is 4.85. The Morgan fingerprint density at radius 1 is 1.50 bits per heavy atom. The highest BCUT2D eigenvalue weighted by Gasteiger charge is 2.14. The third-order valence-corrected chi connectivity index (χ3v) is 2.79. The van der Waals surface area contributed by atoms with Crippen LogP contribution in [0.5, 0.6) is 0 Å². The summed E-state index contributed by atoms with van der Waals surface area (Å²) in [6, 6.07) is 8.05. The van der Waals surface area contributed by atoms with Gasteiger partial charge in [0.05, 0.1) is 0 Å². The summed E-state index contributed by atoms with van der Waals surface area (Å²) >= 11 is 0. The van der Waals surface area contributed by atoms with Gasteiger partial charge in [-0.25, -0.2) is 5.84 Å². The van der Waals surface area contributed by atoms with Crippen molar-refractivity contribution in [3.63, 3.8) is 0 Å². The molecule has 4 nitrogen and oxygen atoms in total. The minimum atomic E-state index is -0.134. The van der Waals surface area contributed by atoms with E-state index in [0.29, 0.717) is 6.42 Å². The molecule has 0 fully saturated rings. The second-order valence-electron chi connectivity index (χ2n) is 3.97. The van der Waals surface area contributed by atoms with E-state index >= 15 is 0 Å². The summed E-state index contributed by atoms with van der Waals surface area (Å²) < 4.78 is 0. The van der Waals surface area contributed by atoms with E-state index in [-0.39, 0.29) is 11.8 Å². The van der Waals surface area contributed by atoms with E-state index in [4.69, 9.17) is 5.84 Å². The van der Waals surface area contributed by atoms with Gasteiger partial charge in [0.1, 0.15) is 0 Å². The Morgan fingerprint density at radius 3 is 3.00 bits per heavy atom. The molecular formula is C12H15N3O. The lowest BCUT2D eigenvalue weighted by Crippen LogP contribution is -2.35. The molecular weight excluding hydrogens is 202 g/mol. The van der Waals surface area contributed by atoms with Crippen LogP contribution >= 0.6 is 0 Å². The fraction of sp³-hybridized carbons (Fsp3) is 0.250. The number of amides is 1. The lowest BCUT2D eigenvalue weighted by molar-refractivity contribution is -0.124. The van der Waals surface area contributed by atoms with Gasteiger partial charge in [-0.2, -0.15) is 0 Å². The van der Waals surface area contributed by atoms with Crippen LogP contribution in [0.2, 0.25) is 0 Å². The fourth-order valence-electron chi connectivity index (χ4n) is 1.87. The first kappa shape index (κ1) is 10.7. The number of carbonyl (C=O) groups excluding carboxylic acids is 1. The summed E-state index contributed by atoms with van der Waals surface area (Å²) in [5, 5.41) is 1.17. The van der Waals surface area contributed by atoms with Crippen molar-refractivity contribution in [2.24, 2.45) is 11.8 Å². The molecule has 2 aromatic rings. The maximum Gasteiger partial charge on any atom is 0.237 e. The Labute approximate surface area is 93.8 Å². The van der Waals surface area contributed by atoms with Crippen molar-refractivity contribution < 1.29 is 4.79 Å². The molecule has 1 amide bonds. The average Bonchev–Trinajstić information content (AvgIpc) is 2.72. The van der Waals surface area contributed by atoms with Crippen LogP contribution in [0.4, 0.5) is 0 Å². The molecule has 2 rings (SSSR count). The molecule has 0 aliphatic rings. The number of H-pyrrole nitrogens is 1. The van der Waals surface area contributed by atoms with Gasteiger partial charge in [-0.15, -0.1) is 0 Å². The molecule has 0 unspecified atom stereocenters. The second-order valence-corrected chi connectivity index (χ2v) is 3.97. The van der Waals surface area contributed by atoms with E-state index in [0.717, 1.165) is 11.1 Å². The summed E-state index contributed by atoms with van der Waals surface area (Å²) in [6.07, 6.45) is 2.64. The first-order chi connectivity index (χ1) is 7.72. The van der Waals surface area contributed by atoms with Crippen molar-refractivity contribution in [1.29, 1.82) is 0 Å². The fourth-order valence-corrected chi connectivity index (χ4v) is 1.87. The van der Waals surface area contributed by atoms with Gasteiger partial charge in [-0.1, -0.05) is 25.1 Å². The summed E-state index contributed by atoms with van der Waals surface area (Å²) in [4.78, 5) is 14.5. The van der Waals surface area contributed by atoms with E-state index < -0.39 is 0 Å². The minimum Gasteiger partial charge on any atom is -0.361 e. The monoisotopic (exact) mass is 217 g/mol. The number of hydrogen-bond acceptors (Lipinski definition) is 2. The Bertz CT molecular complexity index is 504. The van der Waals surface area contributed by atoms with Crippen LogP contribution in [0.1, 0.15) is 12.5 Å². The Kier molecular flexibility index (Phi) is 2.92. The van der Waals surface area contributed by atoms with E-state index in [1.807, 2.05) is 37.4 Å². The number of nitrogens with two attached hydrogens (primary N) is 1.